The average molecular weight is 1680 g/mol. The Morgan fingerprint density at radius 2 is 0.385 bits per heavy atom. The molecule has 0 atom stereocenters. The van der Waals surface area contributed by atoms with Crippen LogP contribution in [0, 0.1) is 0 Å². The van der Waals surface area contributed by atoms with Crippen molar-refractivity contribution in [1.29, 1.82) is 0 Å². The smallest absolute Gasteiger partial charge is 0.343 e. The first-order chi connectivity index (χ1) is 59.7. The topological polar surface area (TPSA) is 247 Å². The molecule has 0 bridgehead atoms. The van der Waals surface area contributed by atoms with Gasteiger partial charge in [-0.25, -0.2) is 38.4 Å². The zero-order valence-electron chi connectivity index (χ0n) is 72.4. The van der Waals surface area contributed by atoms with Crippen molar-refractivity contribution in [3.63, 3.8) is 0 Å². The van der Waals surface area contributed by atoms with Crippen molar-refractivity contribution >= 4 is 47.8 Å². The maximum atomic E-state index is 13.9. The molecule has 0 aromatic heterocycles. The molecule has 0 saturated carbocycles. The van der Waals surface area contributed by atoms with Crippen LogP contribution in [0.1, 0.15) is 309 Å². The molecule has 122 heavy (non-hydrogen) atoms. The second-order valence-electron chi connectivity index (χ2n) is 30.7. The first-order valence-electron chi connectivity index (χ1n) is 45.0. The molecule has 0 unspecified atom stereocenters. The first kappa shape index (κ1) is 100. The van der Waals surface area contributed by atoms with Gasteiger partial charge in [-0.15, -0.1) is 0 Å². The van der Waals surface area contributed by atoms with Crippen LogP contribution >= 0.6 is 0 Å². The lowest BCUT2D eigenvalue weighted by molar-refractivity contribution is -0.138. The van der Waals surface area contributed by atoms with E-state index in [1.807, 2.05) is 0 Å². The summed E-state index contributed by atoms with van der Waals surface area (Å²) >= 11 is 0. The highest BCUT2D eigenvalue weighted by Gasteiger charge is 2.20. The van der Waals surface area contributed by atoms with Crippen LogP contribution < -0.4 is 37.9 Å². The standard InChI is InChI=1S/C102H134O20/c1-5-95(103)115-75-45-35-25-17-9-13-21-31-41-71-111-87-59-51-81(52-60-87)99(107)119-91-67-69-93(121-101(109)83-55-63-89(64-56-83)113-73-43-33-23-15-11-19-27-37-47-77-117-97(105)7-3)85(79-91)49-39-29-30-40-50-86-80-92(120-100(108)82-53-61-88(62-54-82)112-72-42-32-22-14-10-18-26-36-46-76-116-96(104)6-2)68-70-94(86)122-102(110)84-57-65-90(66-58-84)114-74-44-34-24-16-12-20-28-38-48-78-118-98(106)8-4/h5-8,51-70,79-80H,1-4,9-50,71-78H2. The highest BCUT2D eigenvalue weighted by molar-refractivity contribution is 5.94. The van der Waals surface area contributed by atoms with Gasteiger partial charge in [0.05, 0.1) is 75.1 Å². The van der Waals surface area contributed by atoms with Gasteiger partial charge in [0, 0.05) is 24.3 Å². The second kappa shape index (κ2) is 64.1. The van der Waals surface area contributed by atoms with E-state index in [-0.39, 0.29) is 35.4 Å². The van der Waals surface area contributed by atoms with Crippen LogP contribution in [0.2, 0.25) is 0 Å². The van der Waals surface area contributed by atoms with Crippen LogP contribution in [0.4, 0.5) is 0 Å². The van der Waals surface area contributed by atoms with E-state index in [1.165, 1.54) is 37.1 Å². The summed E-state index contributed by atoms with van der Waals surface area (Å²) in [5.41, 5.74) is 2.69. The van der Waals surface area contributed by atoms with Crippen molar-refractivity contribution in [2.24, 2.45) is 0 Å². The lowest BCUT2D eigenvalue weighted by Crippen LogP contribution is -2.11. The molecule has 0 radical (unpaired) electrons. The Labute approximate surface area is 725 Å². The number of rotatable bonds is 71. The summed E-state index contributed by atoms with van der Waals surface area (Å²) in [6.45, 7) is 17.7. The fourth-order valence-electron chi connectivity index (χ4n) is 13.7. The Kier molecular flexibility index (Phi) is 52.6. The minimum absolute atomic E-state index is 0.283. The summed E-state index contributed by atoms with van der Waals surface area (Å²) in [5, 5.41) is 0. The van der Waals surface area contributed by atoms with E-state index in [2.05, 4.69) is 26.3 Å². The van der Waals surface area contributed by atoms with Gasteiger partial charge >= 0.3 is 47.8 Å². The summed E-state index contributed by atoms with van der Waals surface area (Å²) in [6, 6.07) is 37.6. The number of hydrogen-bond donors (Lipinski definition) is 0. The van der Waals surface area contributed by atoms with Crippen molar-refractivity contribution in [3.8, 4) is 46.0 Å². The van der Waals surface area contributed by atoms with E-state index < -0.39 is 23.9 Å². The van der Waals surface area contributed by atoms with E-state index in [9.17, 15) is 38.4 Å². The average Bonchev–Trinajstić information content (AvgIpc) is 0.836. The predicted octanol–water partition coefficient (Wildman–Crippen LogP) is 24.4. The van der Waals surface area contributed by atoms with Crippen molar-refractivity contribution in [2.75, 3.05) is 52.9 Å². The fraction of sp³-hybridized carbons (Fsp3) is 0.490. The molecule has 662 valence electrons. The Balaban J connectivity index is 1.04. The Bertz CT molecular complexity index is 3750. The molecule has 0 fully saturated rings. The SMILES string of the molecule is C=CC(=O)OCCCCCCCCCCCOc1ccc(C(=O)Oc2ccc(OC(=O)c3ccc(OCCCCCCCCCCCOC(=O)C=C)cc3)c(CCCCCCc3cc(OC(=O)c4ccc(OCCCCCCCCCCCOC(=O)C=C)cc4)ccc3OC(=O)c3ccc(OCCCCCCCCCCCOC(=O)C=C)cc3)c2)cc1. The molecule has 0 aliphatic rings. The maximum absolute atomic E-state index is 13.9. The van der Waals surface area contributed by atoms with Crippen LogP contribution in [0.25, 0.3) is 0 Å². The van der Waals surface area contributed by atoms with Gasteiger partial charge in [0.2, 0.25) is 0 Å². The molecule has 0 saturated heterocycles. The molecule has 0 heterocycles. The van der Waals surface area contributed by atoms with E-state index in [0.29, 0.717) is 146 Å². The number of esters is 8. The fourth-order valence-corrected chi connectivity index (χ4v) is 13.7. The summed E-state index contributed by atoms with van der Waals surface area (Å²) in [7, 11) is 0. The molecule has 0 N–H and O–H groups in total. The van der Waals surface area contributed by atoms with E-state index in [0.717, 1.165) is 231 Å². The third-order valence-corrected chi connectivity index (χ3v) is 20.8. The maximum Gasteiger partial charge on any atom is 0.343 e. The molecule has 20 nitrogen and oxygen atoms in total. The molecule has 6 aromatic rings. The van der Waals surface area contributed by atoms with Gasteiger partial charge in [-0.1, -0.05) is 219 Å². The Morgan fingerprint density at radius 1 is 0.205 bits per heavy atom. The molecule has 20 heteroatoms. The number of hydrogen-bond acceptors (Lipinski definition) is 20. The predicted molar refractivity (Wildman–Crippen MR) is 477 cm³/mol. The van der Waals surface area contributed by atoms with Crippen LogP contribution in [0.3, 0.4) is 0 Å². The zero-order chi connectivity index (χ0) is 86.9. The lowest BCUT2D eigenvalue weighted by Gasteiger charge is -2.14. The number of unbranched alkanes of at least 4 members (excludes halogenated alkanes) is 35. The minimum Gasteiger partial charge on any atom is -0.494 e. The van der Waals surface area contributed by atoms with E-state index in [1.54, 1.807) is 133 Å². The van der Waals surface area contributed by atoms with Gasteiger partial charge in [-0.3, -0.25) is 0 Å². The molecule has 0 aliphatic carbocycles. The molecule has 0 aliphatic heterocycles. The van der Waals surface area contributed by atoms with Gasteiger partial charge in [0.15, 0.2) is 0 Å². The number of ether oxygens (including phenoxy) is 12. The number of aryl methyl sites for hydroxylation is 2. The van der Waals surface area contributed by atoms with Gasteiger partial charge in [-0.05, 0) is 222 Å². The summed E-state index contributed by atoms with van der Waals surface area (Å²) in [5.74, 6) is 0.0949. The molecular formula is C102H134O20. The molecule has 6 rings (SSSR count). The monoisotopic (exact) mass is 1680 g/mol. The van der Waals surface area contributed by atoms with Gasteiger partial charge in [0.25, 0.3) is 0 Å². The largest absolute Gasteiger partial charge is 0.494 e. The zero-order valence-corrected chi connectivity index (χ0v) is 72.4. The van der Waals surface area contributed by atoms with Crippen LogP contribution in [-0.2, 0) is 51.0 Å². The molecule has 0 spiro atoms. The summed E-state index contributed by atoms with van der Waals surface area (Å²) < 4.78 is 68.6. The third kappa shape index (κ3) is 45.2. The van der Waals surface area contributed by atoms with Crippen LogP contribution in [0.15, 0.2) is 184 Å². The number of carbonyl (C=O) groups is 8. The van der Waals surface area contributed by atoms with Crippen molar-refractivity contribution in [3.05, 3.63) is 217 Å². The number of carbonyl (C=O) groups excluding carboxylic acids is 8. The highest BCUT2D eigenvalue weighted by atomic mass is 16.6. The third-order valence-electron chi connectivity index (χ3n) is 20.8. The summed E-state index contributed by atoms with van der Waals surface area (Å²) in [6.07, 6.45) is 46.8. The highest BCUT2D eigenvalue weighted by Crippen LogP contribution is 2.32. The lowest BCUT2D eigenvalue weighted by atomic mass is 10.0. The van der Waals surface area contributed by atoms with Crippen molar-refractivity contribution < 1.29 is 95.2 Å². The van der Waals surface area contributed by atoms with Crippen molar-refractivity contribution in [1.82, 2.24) is 0 Å². The van der Waals surface area contributed by atoms with Crippen LogP contribution in [-0.4, -0.2) is 101 Å². The van der Waals surface area contributed by atoms with Gasteiger partial charge in [-0.2, -0.15) is 0 Å². The molecular weight excluding hydrogens is 1550 g/mol. The van der Waals surface area contributed by atoms with Gasteiger partial charge in [0.1, 0.15) is 46.0 Å². The first-order valence-corrected chi connectivity index (χ1v) is 45.0. The second-order valence-corrected chi connectivity index (χ2v) is 30.7. The number of benzene rings is 6. The quantitative estimate of drug-likeness (QED) is 0.0113. The molecule has 6 aromatic carbocycles. The van der Waals surface area contributed by atoms with Crippen molar-refractivity contribution in [2.45, 2.75) is 270 Å². The summed E-state index contributed by atoms with van der Waals surface area (Å²) in [4.78, 5) is 100. The van der Waals surface area contributed by atoms with Crippen LogP contribution in [0.5, 0.6) is 46.0 Å². The normalized spacial score (nSPS) is 10.9. The van der Waals surface area contributed by atoms with E-state index >= 15 is 0 Å². The molecule has 0 amide bonds. The Hall–Kier alpha value is -10.8. The Morgan fingerprint density at radius 3 is 0.598 bits per heavy atom. The van der Waals surface area contributed by atoms with Gasteiger partial charge < -0.3 is 56.8 Å². The van der Waals surface area contributed by atoms with E-state index in [4.69, 9.17) is 56.8 Å². The minimum atomic E-state index is -0.559.